The predicted molar refractivity (Wildman–Crippen MR) is 147 cm³/mol. The normalized spacial score (nSPS) is 19.2. The summed E-state index contributed by atoms with van der Waals surface area (Å²) in [6.45, 7) is 0.848. The second-order valence-corrected chi connectivity index (χ2v) is 11.1. The molecule has 2 N–H and O–H groups in total. The van der Waals surface area contributed by atoms with Crippen LogP contribution in [0.25, 0.3) is 0 Å². The number of carboxylic acids is 1. The fraction of sp³-hybridized carbons (Fsp3) is 0.484. The molecule has 2 fully saturated rings. The summed E-state index contributed by atoms with van der Waals surface area (Å²) in [5, 5.41) is 18.4. The predicted octanol–water partition coefficient (Wildman–Crippen LogP) is 4.83. The quantitative estimate of drug-likeness (QED) is 0.381. The monoisotopic (exact) mass is 531 g/mol. The zero-order chi connectivity index (χ0) is 27.2. The van der Waals surface area contributed by atoms with Crippen LogP contribution in [0.2, 0.25) is 0 Å². The Morgan fingerprint density at radius 2 is 1.77 bits per heavy atom. The average molecular weight is 532 g/mol. The second kappa shape index (κ2) is 12.0. The van der Waals surface area contributed by atoms with Crippen LogP contribution in [0.4, 0.5) is 0 Å². The minimum Gasteiger partial charge on any atom is -0.481 e. The fourth-order valence-corrected chi connectivity index (χ4v) is 5.81. The van der Waals surface area contributed by atoms with E-state index in [-0.39, 0.29) is 24.3 Å². The van der Waals surface area contributed by atoms with Crippen LogP contribution in [0.3, 0.4) is 0 Å². The number of hydrogen-bond donors (Lipinski definition) is 2. The van der Waals surface area contributed by atoms with Gasteiger partial charge >= 0.3 is 5.97 Å². The zero-order valence-corrected chi connectivity index (χ0v) is 22.3. The van der Waals surface area contributed by atoms with Crippen LogP contribution in [0.1, 0.15) is 80.4 Å². The van der Waals surface area contributed by atoms with E-state index in [0.29, 0.717) is 31.3 Å². The topological polar surface area (TPSA) is 108 Å². The maximum Gasteiger partial charge on any atom is 0.309 e. The Kier molecular flexibility index (Phi) is 8.29. The summed E-state index contributed by atoms with van der Waals surface area (Å²) < 4.78 is 5.54. The molecule has 0 bridgehead atoms. The molecule has 1 unspecified atom stereocenters. The van der Waals surface area contributed by atoms with Crippen molar-refractivity contribution in [3.63, 3.8) is 0 Å². The fourth-order valence-electron chi connectivity index (χ4n) is 5.81. The maximum absolute atomic E-state index is 13.3. The molecule has 39 heavy (non-hydrogen) atoms. The number of hydrogen-bond acceptors (Lipinski definition) is 5. The first kappa shape index (κ1) is 26.9. The third-order valence-corrected chi connectivity index (χ3v) is 8.37. The molecule has 206 valence electrons. The zero-order valence-electron chi connectivity index (χ0n) is 22.3. The third-order valence-electron chi connectivity index (χ3n) is 8.37. The highest BCUT2D eigenvalue weighted by molar-refractivity contribution is 5.97. The van der Waals surface area contributed by atoms with E-state index in [1.165, 1.54) is 5.01 Å². The summed E-state index contributed by atoms with van der Waals surface area (Å²) >= 11 is 0. The number of benzene rings is 2. The van der Waals surface area contributed by atoms with Crippen LogP contribution in [0.15, 0.2) is 59.7 Å². The van der Waals surface area contributed by atoms with Crippen molar-refractivity contribution in [2.75, 3.05) is 13.2 Å². The number of rotatable bonds is 12. The van der Waals surface area contributed by atoms with Crippen LogP contribution >= 0.6 is 0 Å². The van der Waals surface area contributed by atoms with Gasteiger partial charge in [-0.2, -0.15) is 0 Å². The summed E-state index contributed by atoms with van der Waals surface area (Å²) in [5.74, 6) is -0.287. The molecule has 8 heteroatoms. The molecule has 0 spiro atoms. The van der Waals surface area contributed by atoms with Crippen LogP contribution in [0, 0.1) is 11.3 Å². The molecule has 3 aliphatic rings. The summed E-state index contributed by atoms with van der Waals surface area (Å²) in [6, 6.07) is 17.5. The molecule has 0 aromatic heterocycles. The number of carbonyl (C=O) groups excluding carboxylic acids is 2. The van der Waals surface area contributed by atoms with E-state index in [0.717, 1.165) is 68.1 Å². The number of unbranched alkanes of at least 4 members (excludes halogenated alkanes) is 1. The van der Waals surface area contributed by atoms with Gasteiger partial charge in [0.25, 0.3) is 5.91 Å². The van der Waals surface area contributed by atoms with Gasteiger partial charge in [-0.05, 0) is 67.7 Å². The molecular formula is C31H37N3O5. The Morgan fingerprint density at radius 3 is 2.44 bits per heavy atom. The van der Waals surface area contributed by atoms with E-state index in [1.807, 2.05) is 54.6 Å². The number of aliphatic carboxylic acids is 1. The highest BCUT2D eigenvalue weighted by Crippen LogP contribution is 2.50. The van der Waals surface area contributed by atoms with E-state index >= 15 is 0 Å². The van der Waals surface area contributed by atoms with Gasteiger partial charge in [-0.15, -0.1) is 5.10 Å². The van der Waals surface area contributed by atoms with Crippen molar-refractivity contribution >= 4 is 23.7 Å². The van der Waals surface area contributed by atoms with Crippen molar-refractivity contribution in [3.05, 3.63) is 71.3 Å². The number of ether oxygens (including phenoxy) is 1. The van der Waals surface area contributed by atoms with Crippen LogP contribution in [0.5, 0.6) is 0 Å². The standard InChI is InChI=1S/C31H37N3O5/c35-26-21-39-29(25-10-2-1-3-11-25)33-34(26)20-22-12-14-24(15-13-22)27(23-8-4-5-9-23)28(36)32-19-7-6-16-31(17-18-31)30(37)38/h1-3,10-15,23,27H,4-9,16-21H2,(H,32,36)(H,37,38). The Morgan fingerprint density at radius 1 is 1.05 bits per heavy atom. The summed E-state index contributed by atoms with van der Waals surface area (Å²) in [4.78, 5) is 37.2. The lowest BCUT2D eigenvalue weighted by molar-refractivity contribution is -0.143. The van der Waals surface area contributed by atoms with E-state index in [1.54, 1.807) is 0 Å². The van der Waals surface area contributed by atoms with Gasteiger partial charge in [0.05, 0.1) is 17.9 Å². The number of hydrazone groups is 1. The minimum absolute atomic E-state index is 0.0486. The van der Waals surface area contributed by atoms with Gasteiger partial charge in [0.1, 0.15) is 0 Å². The molecule has 2 aliphatic carbocycles. The van der Waals surface area contributed by atoms with Gasteiger partial charge in [-0.25, -0.2) is 5.01 Å². The molecule has 5 rings (SSSR count). The molecule has 1 atom stereocenters. The lowest BCUT2D eigenvalue weighted by atomic mass is 9.83. The van der Waals surface area contributed by atoms with Gasteiger partial charge in [-0.3, -0.25) is 14.4 Å². The highest BCUT2D eigenvalue weighted by Gasteiger charge is 2.49. The molecule has 2 aromatic carbocycles. The van der Waals surface area contributed by atoms with Crippen LogP contribution in [-0.4, -0.2) is 46.9 Å². The molecule has 0 saturated heterocycles. The number of nitrogens with zero attached hydrogens (tertiary/aromatic N) is 2. The third kappa shape index (κ3) is 6.49. The number of amides is 2. The second-order valence-electron chi connectivity index (χ2n) is 11.1. The maximum atomic E-state index is 13.3. The van der Waals surface area contributed by atoms with Crippen molar-refractivity contribution < 1.29 is 24.2 Å². The Labute approximate surface area is 229 Å². The highest BCUT2D eigenvalue weighted by atomic mass is 16.5. The molecule has 0 radical (unpaired) electrons. The van der Waals surface area contributed by atoms with Crippen LogP contribution < -0.4 is 5.32 Å². The minimum atomic E-state index is -0.683. The first-order chi connectivity index (χ1) is 18.9. The van der Waals surface area contributed by atoms with Gasteiger partial charge in [0.2, 0.25) is 11.8 Å². The molecule has 2 saturated carbocycles. The van der Waals surface area contributed by atoms with Crippen molar-refractivity contribution in [1.29, 1.82) is 0 Å². The number of carboxylic acid groups (broad SMARTS) is 1. The lowest BCUT2D eigenvalue weighted by Crippen LogP contribution is -2.36. The molecular weight excluding hydrogens is 494 g/mol. The van der Waals surface area contributed by atoms with Crippen molar-refractivity contribution in [1.82, 2.24) is 10.3 Å². The van der Waals surface area contributed by atoms with Gasteiger partial charge < -0.3 is 15.2 Å². The Balaban J connectivity index is 1.20. The van der Waals surface area contributed by atoms with Gasteiger partial charge in [0.15, 0.2) is 6.61 Å². The van der Waals surface area contributed by atoms with Crippen molar-refractivity contribution in [2.24, 2.45) is 16.4 Å². The molecule has 1 aliphatic heterocycles. The first-order valence-electron chi connectivity index (χ1n) is 14.1. The Hall–Kier alpha value is -3.68. The largest absolute Gasteiger partial charge is 0.481 e. The van der Waals surface area contributed by atoms with E-state index in [9.17, 15) is 19.5 Å². The van der Waals surface area contributed by atoms with E-state index < -0.39 is 11.4 Å². The summed E-state index contributed by atoms with van der Waals surface area (Å²) in [6.07, 6.45) is 8.20. The lowest BCUT2D eigenvalue weighted by Gasteiger charge is -2.25. The molecule has 2 aromatic rings. The van der Waals surface area contributed by atoms with Gasteiger partial charge in [-0.1, -0.05) is 61.7 Å². The molecule has 8 nitrogen and oxygen atoms in total. The molecule has 2 amide bonds. The smallest absolute Gasteiger partial charge is 0.309 e. The van der Waals surface area contributed by atoms with Crippen LogP contribution in [-0.2, 0) is 25.7 Å². The first-order valence-corrected chi connectivity index (χ1v) is 14.1. The van der Waals surface area contributed by atoms with Crippen molar-refractivity contribution in [3.8, 4) is 0 Å². The molecule has 1 heterocycles. The summed E-state index contributed by atoms with van der Waals surface area (Å²) in [5.41, 5.74) is 2.25. The van der Waals surface area contributed by atoms with Crippen molar-refractivity contribution in [2.45, 2.75) is 70.3 Å². The average Bonchev–Trinajstić information content (AvgIpc) is 3.56. The summed E-state index contributed by atoms with van der Waals surface area (Å²) in [7, 11) is 0. The SMILES string of the molecule is O=C(NCCCCC1(C(=O)O)CC1)C(c1ccc(CN2N=C(c3ccccc3)OCC2=O)cc1)C1CCCC1. The number of carbonyl (C=O) groups is 3. The van der Waals surface area contributed by atoms with Gasteiger partial charge in [0, 0.05) is 12.1 Å². The Bertz CT molecular complexity index is 1200. The number of nitrogens with one attached hydrogen (secondary N) is 1. The van der Waals surface area contributed by atoms with E-state index in [4.69, 9.17) is 4.74 Å². The van der Waals surface area contributed by atoms with E-state index in [2.05, 4.69) is 10.4 Å².